The predicted octanol–water partition coefficient (Wildman–Crippen LogP) is 3.31. The number of aryl methyl sites for hydroxylation is 2. The number of thioether (sulfide) groups is 1. The van der Waals surface area contributed by atoms with Gasteiger partial charge in [0.2, 0.25) is 11.1 Å². The first-order chi connectivity index (χ1) is 12.5. The van der Waals surface area contributed by atoms with E-state index >= 15 is 0 Å². The van der Waals surface area contributed by atoms with Crippen molar-refractivity contribution in [2.45, 2.75) is 58.2 Å². The van der Waals surface area contributed by atoms with Gasteiger partial charge in [-0.05, 0) is 53.7 Å². The zero-order chi connectivity index (χ0) is 18.7. The monoisotopic (exact) mass is 373 g/mol. The van der Waals surface area contributed by atoms with Crippen LogP contribution in [0, 0.1) is 25.7 Å². The quantitative estimate of drug-likeness (QED) is 0.814. The number of nitrogens with one attached hydrogen (secondary N) is 1. The fourth-order valence-corrected chi connectivity index (χ4v) is 4.40. The van der Waals surface area contributed by atoms with E-state index in [9.17, 15) is 4.79 Å². The molecule has 1 aliphatic rings. The minimum Gasteiger partial charge on any atom is -0.352 e. The fourth-order valence-electron chi connectivity index (χ4n) is 3.71. The number of nitrogens with zero attached hydrogens (tertiary/aromatic N) is 4. The summed E-state index contributed by atoms with van der Waals surface area (Å²) in [7, 11) is 0. The van der Waals surface area contributed by atoms with E-state index in [4.69, 9.17) is 0 Å². The van der Waals surface area contributed by atoms with E-state index in [0.717, 1.165) is 23.2 Å². The molecule has 1 amide bonds. The molecule has 1 saturated carbocycles. The number of aromatic nitrogens is 4. The molecule has 0 spiro atoms. The van der Waals surface area contributed by atoms with Gasteiger partial charge in [0.05, 0.1) is 11.4 Å². The molecule has 6 nitrogen and oxygen atoms in total. The Balaban J connectivity index is 1.64. The van der Waals surface area contributed by atoms with Crippen LogP contribution in [-0.4, -0.2) is 37.9 Å². The molecule has 1 aromatic heterocycles. The van der Waals surface area contributed by atoms with Crippen LogP contribution >= 0.6 is 11.8 Å². The van der Waals surface area contributed by atoms with Gasteiger partial charge in [-0.3, -0.25) is 4.79 Å². The van der Waals surface area contributed by atoms with Crippen LogP contribution in [0.5, 0.6) is 0 Å². The highest BCUT2D eigenvalue weighted by Crippen LogP contribution is 2.29. The summed E-state index contributed by atoms with van der Waals surface area (Å²) in [6, 6.07) is 6.38. The molecule has 0 saturated heterocycles. The predicted molar refractivity (Wildman–Crippen MR) is 103 cm³/mol. The van der Waals surface area contributed by atoms with E-state index in [1.165, 1.54) is 24.6 Å². The van der Waals surface area contributed by atoms with Crippen molar-refractivity contribution in [3.63, 3.8) is 0 Å². The Kier molecular flexibility index (Phi) is 5.96. The van der Waals surface area contributed by atoms with Gasteiger partial charge >= 0.3 is 0 Å². The van der Waals surface area contributed by atoms with E-state index in [-0.39, 0.29) is 11.9 Å². The van der Waals surface area contributed by atoms with Crippen LogP contribution in [0.1, 0.15) is 44.2 Å². The lowest BCUT2D eigenvalue weighted by molar-refractivity contribution is -0.120. The summed E-state index contributed by atoms with van der Waals surface area (Å²) in [6.07, 6.45) is 3.52. The van der Waals surface area contributed by atoms with Crippen molar-refractivity contribution in [2.75, 3.05) is 5.75 Å². The topological polar surface area (TPSA) is 72.7 Å². The maximum absolute atomic E-state index is 12.4. The largest absolute Gasteiger partial charge is 0.352 e. The molecular formula is C19H27N5OS. The highest BCUT2D eigenvalue weighted by atomic mass is 32.2. The Morgan fingerprint density at radius 1 is 1.27 bits per heavy atom. The molecule has 1 aromatic carbocycles. The summed E-state index contributed by atoms with van der Waals surface area (Å²) in [4.78, 5) is 12.4. The van der Waals surface area contributed by atoms with Gasteiger partial charge in [-0.2, -0.15) is 4.68 Å². The lowest BCUT2D eigenvalue weighted by atomic mass is 9.78. The lowest BCUT2D eigenvalue weighted by Gasteiger charge is -2.34. The highest BCUT2D eigenvalue weighted by molar-refractivity contribution is 7.99. The van der Waals surface area contributed by atoms with Crippen LogP contribution < -0.4 is 5.32 Å². The first-order valence-corrected chi connectivity index (χ1v) is 10.2. The fraction of sp³-hybridized carbons (Fsp3) is 0.579. The Bertz CT molecular complexity index is 755. The zero-order valence-corrected chi connectivity index (χ0v) is 16.7. The van der Waals surface area contributed by atoms with Crippen molar-refractivity contribution in [2.24, 2.45) is 11.8 Å². The minimum atomic E-state index is 0.0528. The molecule has 1 N–H and O–H groups in total. The van der Waals surface area contributed by atoms with E-state index in [0.29, 0.717) is 22.7 Å². The van der Waals surface area contributed by atoms with E-state index in [1.54, 1.807) is 4.68 Å². The third-order valence-corrected chi connectivity index (χ3v) is 6.40. The number of rotatable bonds is 5. The zero-order valence-electron chi connectivity index (χ0n) is 15.9. The summed E-state index contributed by atoms with van der Waals surface area (Å²) in [5, 5.41) is 15.9. The van der Waals surface area contributed by atoms with Crippen molar-refractivity contribution in [1.29, 1.82) is 0 Å². The van der Waals surface area contributed by atoms with Gasteiger partial charge in [0, 0.05) is 6.04 Å². The number of hydrogen-bond donors (Lipinski definition) is 1. The van der Waals surface area contributed by atoms with Crippen LogP contribution in [0.2, 0.25) is 0 Å². The van der Waals surface area contributed by atoms with Crippen LogP contribution in [0.25, 0.3) is 5.69 Å². The first kappa shape index (κ1) is 18.9. The molecule has 2 aromatic rings. The summed E-state index contributed by atoms with van der Waals surface area (Å²) in [5.74, 6) is 1.57. The lowest BCUT2D eigenvalue weighted by Crippen LogP contribution is -2.44. The van der Waals surface area contributed by atoms with Crippen LogP contribution in [0.3, 0.4) is 0 Å². The molecule has 0 bridgehead atoms. The van der Waals surface area contributed by atoms with Gasteiger partial charge in [0.1, 0.15) is 0 Å². The summed E-state index contributed by atoms with van der Waals surface area (Å²) >= 11 is 1.38. The summed E-state index contributed by atoms with van der Waals surface area (Å²) < 4.78 is 1.73. The average Bonchev–Trinajstić information content (AvgIpc) is 3.05. The molecule has 0 radical (unpaired) electrons. The molecule has 26 heavy (non-hydrogen) atoms. The maximum atomic E-state index is 12.4. The molecular weight excluding hydrogens is 346 g/mol. The molecule has 7 heteroatoms. The molecule has 0 aliphatic heterocycles. The number of amides is 1. The Hall–Kier alpha value is -1.89. The Labute approximate surface area is 159 Å². The van der Waals surface area contributed by atoms with E-state index in [2.05, 4.69) is 34.7 Å². The minimum absolute atomic E-state index is 0.0528. The van der Waals surface area contributed by atoms with Crippen molar-refractivity contribution in [3.05, 3.63) is 29.3 Å². The maximum Gasteiger partial charge on any atom is 0.230 e. The molecule has 3 unspecified atom stereocenters. The van der Waals surface area contributed by atoms with Gasteiger partial charge < -0.3 is 5.32 Å². The molecule has 3 atom stereocenters. The molecule has 3 rings (SSSR count). The van der Waals surface area contributed by atoms with Gasteiger partial charge in [-0.15, -0.1) is 5.10 Å². The van der Waals surface area contributed by atoms with Gasteiger partial charge in [0.25, 0.3) is 0 Å². The molecule has 140 valence electrons. The smallest absolute Gasteiger partial charge is 0.230 e. The molecule has 1 heterocycles. The first-order valence-electron chi connectivity index (χ1n) is 9.24. The van der Waals surface area contributed by atoms with Crippen LogP contribution in [0.4, 0.5) is 0 Å². The second-order valence-electron chi connectivity index (χ2n) is 7.34. The van der Waals surface area contributed by atoms with E-state index in [1.807, 2.05) is 32.0 Å². The third-order valence-electron chi connectivity index (χ3n) is 5.48. The normalized spacial score (nSPS) is 23.0. The van der Waals surface area contributed by atoms with Gasteiger partial charge in [0.15, 0.2) is 0 Å². The second kappa shape index (κ2) is 8.20. The Morgan fingerprint density at radius 3 is 2.73 bits per heavy atom. The van der Waals surface area contributed by atoms with Crippen molar-refractivity contribution in [1.82, 2.24) is 25.5 Å². The average molecular weight is 374 g/mol. The Morgan fingerprint density at radius 2 is 2.00 bits per heavy atom. The number of carbonyl (C=O) groups excluding carboxylic acids is 1. The number of hydrogen-bond acceptors (Lipinski definition) is 5. The highest BCUT2D eigenvalue weighted by Gasteiger charge is 2.28. The van der Waals surface area contributed by atoms with Crippen molar-refractivity contribution in [3.8, 4) is 5.69 Å². The number of tetrazole rings is 1. The number of benzene rings is 1. The molecule has 1 aliphatic carbocycles. The SMILES string of the molecule is Cc1cccc(C)c1-n1nnnc1SCC(=O)NC1CCCC(C)C1C. The number of para-hydroxylation sites is 1. The summed E-state index contributed by atoms with van der Waals surface area (Å²) in [5.41, 5.74) is 3.19. The number of carbonyl (C=O) groups is 1. The van der Waals surface area contributed by atoms with Gasteiger partial charge in [-0.1, -0.05) is 56.7 Å². The van der Waals surface area contributed by atoms with Crippen LogP contribution in [0.15, 0.2) is 23.4 Å². The van der Waals surface area contributed by atoms with E-state index < -0.39 is 0 Å². The standard InChI is InChI=1S/C19H27N5OS/c1-12-7-6-10-16(15(12)4)20-17(25)11-26-19-21-22-23-24(19)18-13(2)8-5-9-14(18)3/h5,8-9,12,15-16H,6-7,10-11H2,1-4H3,(H,20,25). The van der Waals surface area contributed by atoms with Crippen molar-refractivity contribution >= 4 is 17.7 Å². The second-order valence-corrected chi connectivity index (χ2v) is 8.29. The third kappa shape index (κ3) is 4.09. The molecule has 1 fully saturated rings. The van der Waals surface area contributed by atoms with Crippen molar-refractivity contribution < 1.29 is 4.79 Å². The van der Waals surface area contributed by atoms with Crippen LogP contribution in [-0.2, 0) is 4.79 Å². The summed E-state index contributed by atoms with van der Waals surface area (Å²) in [6.45, 7) is 8.59. The van der Waals surface area contributed by atoms with Gasteiger partial charge in [-0.25, -0.2) is 0 Å².